The monoisotopic (exact) mass is 298 g/mol. The van der Waals surface area contributed by atoms with E-state index >= 15 is 0 Å². The third-order valence-corrected chi connectivity index (χ3v) is 2.93. The number of rotatable bonds is 4. The van der Waals surface area contributed by atoms with E-state index in [1.807, 2.05) is 0 Å². The van der Waals surface area contributed by atoms with Crippen LogP contribution in [0.15, 0.2) is 28.7 Å². The number of hydrogen-bond acceptors (Lipinski definition) is 4. The number of carbonyl (C=O) groups is 1. The molecule has 106 valence electrons. The first-order valence-corrected chi connectivity index (χ1v) is 6.14. The Kier molecular flexibility index (Phi) is 4.29. The first kappa shape index (κ1) is 14.4. The van der Waals surface area contributed by atoms with Gasteiger partial charge in [0.2, 0.25) is 0 Å². The van der Waals surface area contributed by atoms with Crippen molar-refractivity contribution in [3.63, 3.8) is 0 Å². The van der Waals surface area contributed by atoms with Gasteiger partial charge in [-0.15, -0.1) is 0 Å². The second kappa shape index (κ2) is 5.96. The molecule has 2 aromatic rings. The number of carbonyl (C=O) groups excluding carboxylic acids is 1. The molecule has 0 saturated heterocycles. The fourth-order valence-electron chi connectivity index (χ4n) is 1.67. The number of esters is 1. The van der Waals surface area contributed by atoms with Gasteiger partial charge in [-0.2, -0.15) is 0 Å². The van der Waals surface area contributed by atoms with Crippen LogP contribution in [0, 0.1) is 12.7 Å². The molecule has 1 aromatic carbocycles. The lowest BCUT2D eigenvalue weighted by Gasteiger charge is -2.05. The summed E-state index contributed by atoms with van der Waals surface area (Å²) < 4.78 is 28.3. The van der Waals surface area contributed by atoms with Gasteiger partial charge >= 0.3 is 5.97 Å². The average molecular weight is 299 g/mol. The van der Waals surface area contributed by atoms with E-state index in [4.69, 9.17) is 20.8 Å². The molecule has 0 atom stereocenters. The van der Waals surface area contributed by atoms with Gasteiger partial charge in [0.15, 0.2) is 0 Å². The van der Waals surface area contributed by atoms with Gasteiger partial charge < -0.3 is 13.9 Å². The normalized spacial score (nSPS) is 10.4. The minimum atomic E-state index is -0.475. The molecule has 0 unspecified atom stereocenters. The van der Waals surface area contributed by atoms with Crippen molar-refractivity contribution in [2.75, 3.05) is 7.11 Å². The first-order chi connectivity index (χ1) is 9.51. The van der Waals surface area contributed by atoms with Gasteiger partial charge in [0.1, 0.15) is 35.3 Å². The molecular weight excluding hydrogens is 287 g/mol. The molecular formula is C14H12ClFO4. The molecule has 4 nitrogen and oxygen atoms in total. The van der Waals surface area contributed by atoms with E-state index in [0.29, 0.717) is 22.8 Å². The van der Waals surface area contributed by atoms with Crippen molar-refractivity contribution in [1.29, 1.82) is 0 Å². The first-order valence-electron chi connectivity index (χ1n) is 5.76. The predicted molar refractivity (Wildman–Crippen MR) is 70.5 cm³/mol. The maximum absolute atomic E-state index is 12.9. The lowest BCUT2D eigenvalue weighted by Crippen LogP contribution is -2.00. The summed E-state index contributed by atoms with van der Waals surface area (Å²) >= 11 is 5.84. The van der Waals surface area contributed by atoms with Crippen LogP contribution >= 0.6 is 11.6 Å². The van der Waals surface area contributed by atoms with E-state index in [9.17, 15) is 9.18 Å². The lowest BCUT2D eigenvalue weighted by molar-refractivity contribution is 0.0599. The van der Waals surface area contributed by atoms with Crippen LogP contribution in [0.4, 0.5) is 4.39 Å². The molecule has 0 bridgehead atoms. The summed E-state index contributed by atoms with van der Waals surface area (Å²) in [5.41, 5.74) is 0.344. The summed E-state index contributed by atoms with van der Waals surface area (Å²) in [7, 11) is 1.29. The van der Waals surface area contributed by atoms with Crippen LogP contribution in [-0.2, 0) is 11.3 Å². The summed E-state index contributed by atoms with van der Waals surface area (Å²) in [6.07, 6.45) is 0. The van der Waals surface area contributed by atoms with Crippen molar-refractivity contribution >= 4 is 17.6 Å². The summed E-state index contributed by atoms with van der Waals surface area (Å²) in [4.78, 5) is 11.4. The number of benzene rings is 1. The number of hydrogen-bond donors (Lipinski definition) is 0. The van der Waals surface area contributed by atoms with Gasteiger partial charge in [0, 0.05) is 0 Å². The highest BCUT2D eigenvalue weighted by molar-refractivity contribution is 6.32. The summed E-state index contributed by atoms with van der Waals surface area (Å²) in [6.45, 7) is 1.73. The minimum absolute atomic E-state index is 0.0726. The van der Waals surface area contributed by atoms with Crippen LogP contribution in [0.1, 0.15) is 21.9 Å². The topological polar surface area (TPSA) is 48.7 Å². The molecule has 1 heterocycles. The van der Waals surface area contributed by atoms with Crippen molar-refractivity contribution in [2.45, 2.75) is 13.5 Å². The van der Waals surface area contributed by atoms with Crippen molar-refractivity contribution in [2.24, 2.45) is 0 Å². The highest BCUT2D eigenvalue weighted by Gasteiger charge is 2.15. The Balaban J connectivity index is 2.09. The molecule has 0 saturated carbocycles. The standard InChI is InChI=1S/C14H12ClFO4/c1-8-11(14(17)18-2)6-10(20-8)7-19-13-4-3-9(16)5-12(13)15/h3-6H,7H2,1-2H3. The molecule has 0 aliphatic heterocycles. The summed E-state index contributed by atoms with van der Waals surface area (Å²) in [6, 6.07) is 5.37. The predicted octanol–water partition coefficient (Wildman–Crippen LogP) is 3.75. The van der Waals surface area contributed by atoms with Gasteiger partial charge in [0.05, 0.1) is 12.1 Å². The SMILES string of the molecule is COC(=O)c1cc(COc2ccc(F)cc2Cl)oc1C. The molecule has 0 fully saturated rings. The van der Waals surface area contributed by atoms with Gasteiger partial charge in [0.25, 0.3) is 0 Å². The number of furan rings is 1. The van der Waals surface area contributed by atoms with Crippen molar-refractivity contribution in [1.82, 2.24) is 0 Å². The van der Waals surface area contributed by atoms with E-state index < -0.39 is 11.8 Å². The fraction of sp³-hybridized carbons (Fsp3) is 0.214. The van der Waals surface area contributed by atoms with Crippen LogP contribution in [-0.4, -0.2) is 13.1 Å². The number of aryl methyl sites for hydroxylation is 1. The zero-order valence-electron chi connectivity index (χ0n) is 10.9. The molecule has 0 aliphatic rings. The zero-order chi connectivity index (χ0) is 14.7. The van der Waals surface area contributed by atoms with Crippen molar-refractivity contribution in [3.05, 3.63) is 52.2 Å². The molecule has 0 amide bonds. The van der Waals surface area contributed by atoms with E-state index in [1.165, 1.54) is 19.2 Å². The quantitative estimate of drug-likeness (QED) is 0.807. The molecule has 2 rings (SSSR count). The van der Waals surface area contributed by atoms with E-state index in [-0.39, 0.29) is 11.6 Å². The minimum Gasteiger partial charge on any atom is -0.484 e. The highest BCUT2D eigenvalue weighted by Crippen LogP contribution is 2.26. The maximum Gasteiger partial charge on any atom is 0.341 e. The number of ether oxygens (including phenoxy) is 2. The van der Waals surface area contributed by atoms with Gasteiger partial charge in [-0.05, 0) is 31.2 Å². The molecule has 0 N–H and O–H groups in total. The molecule has 20 heavy (non-hydrogen) atoms. The van der Waals surface area contributed by atoms with Crippen LogP contribution in [0.25, 0.3) is 0 Å². The second-order valence-corrected chi connectivity index (χ2v) is 4.44. The number of methoxy groups -OCH3 is 1. The molecule has 0 radical (unpaired) electrons. The van der Waals surface area contributed by atoms with Gasteiger partial charge in [-0.3, -0.25) is 0 Å². The fourth-order valence-corrected chi connectivity index (χ4v) is 1.89. The maximum atomic E-state index is 12.9. The van der Waals surface area contributed by atoms with E-state index in [1.54, 1.807) is 13.0 Å². The van der Waals surface area contributed by atoms with Crippen LogP contribution < -0.4 is 4.74 Å². The smallest absolute Gasteiger partial charge is 0.341 e. The Bertz CT molecular complexity index is 636. The Hall–Kier alpha value is -2.01. The van der Waals surface area contributed by atoms with Gasteiger partial charge in [-0.1, -0.05) is 11.6 Å². The third kappa shape index (κ3) is 3.11. The third-order valence-electron chi connectivity index (χ3n) is 2.64. The van der Waals surface area contributed by atoms with Crippen LogP contribution in [0.3, 0.4) is 0 Å². The average Bonchev–Trinajstić information content (AvgIpc) is 2.78. The Morgan fingerprint density at radius 3 is 2.80 bits per heavy atom. The van der Waals surface area contributed by atoms with E-state index in [0.717, 1.165) is 6.07 Å². The van der Waals surface area contributed by atoms with Crippen molar-refractivity contribution < 1.29 is 23.1 Å². The Morgan fingerprint density at radius 2 is 2.15 bits per heavy atom. The molecule has 0 aliphatic carbocycles. The zero-order valence-corrected chi connectivity index (χ0v) is 11.7. The van der Waals surface area contributed by atoms with Crippen molar-refractivity contribution in [3.8, 4) is 5.75 Å². The van der Waals surface area contributed by atoms with Crippen LogP contribution in [0.5, 0.6) is 5.75 Å². The molecule has 6 heteroatoms. The lowest BCUT2D eigenvalue weighted by atomic mass is 10.2. The second-order valence-electron chi connectivity index (χ2n) is 4.04. The molecule has 0 spiro atoms. The summed E-state index contributed by atoms with van der Waals surface area (Å²) in [5, 5.41) is 0.168. The highest BCUT2D eigenvalue weighted by atomic mass is 35.5. The largest absolute Gasteiger partial charge is 0.484 e. The Labute approximate surface area is 120 Å². The Morgan fingerprint density at radius 1 is 1.40 bits per heavy atom. The number of halogens is 2. The van der Waals surface area contributed by atoms with Gasteiger partial charge in [-0.25, -0.2) is 9.18 Å². The summed E-state index contributed by atoms with van der Waals surface area (Å²) in [5.74, 6) is 0.312. The van der Waals surface area contributed by atoms with E-state index in [2.05, 4.69) is 4.74 Å². The van der Waals surface area contributed by atoms with Crippen LogP contribution in [0.2, 0.25) is 5.02 Å². The molecule has 1 aromatic heterocycles.